The Morgan fingerprint density at radius 1 is 1.19 bits per heavy atom. The molecule has 2 saturated carbocycles. The van der Waals surface area contributed by atoms with Gasteiger partial charge in [-0.05, 0) is 84.8 Å². The predicted octanol–water partition coefficient (Wildman–Crippen LogP) is 3.72. The van der Waals surface area contributed by atoms with Crippen LogP contribution in [0.1, 0.15) is 60.1 Å². The van der Waals surface area contributed by atoms with E-state index in [2.05, 4.69) is 30.9 Å². The van der Waals surface area contributed by atoms with Crippen LogP contribution in [0.25, 0.3) is 22.6 Å². The summed E-state index contributed by atoms with van der Waals surface area (Å²) < 4.78 is 18.4. The number of halogens is 1. The number of carbonyl (C=O) groups is 1. The lowest BCUT2D eigenvalue weighted by atomic mass is 9.99. The molecule has 4 aromatic rings. The van der Waals surface area contributed by atoms with Gasteiger partial charge in [0.2, 0.25) is 5.82 Å². The molecule has 0 radical (unpaired) electrons. The van der Waals surface area contributed by atoms with E-state index in [-0.39, 0.29) is 17.4 Å². The monoisotopic (exact) mass is 488 g/mol. The normalized spacial score (nSPS) is 19.5. The van der Waals surface area contributed by atoms with Gasteiger partial charge in [-0.25, -0.2) is 14.1 Å². The van der Waals surface area contributed by atoms with Crippen LogP contribution < -0.4 is 5.32 Å². The van der Waals surface area contributed by atoms with Gasteiger partial charge in [-0.15, -0.1) is 5.10 Å². The zero-order valence-corrected chi connectivity index (χ0v) is 19.7. The Balaban J connectivity index is 1.26. The van der Waals surface area contributed by atoms with Crippen molar-refractivity contribution in [2.45, 2.75) is 57.2 Å². The summed E-state index contributed by atoms with van der Waals surface area (Å²) >= 11 is 0. The fourth-order valence-corrected chi connectivity index (χ4v) is 4.78. The molecule has 0 bridgehead atoms. The molecule has 0 unspecified atom stereocenters. The number of tetrazole rings is 1. The van der Waals surface area contributed by atoms with Crippen LogP contribution in [0.3, 0.4) is 0 Å². The highest BCUT2D eigenvalue weighted by Gasteiger charge is 2.30. The van der Waals surface area contributed by atoms with Crippen LogP contribution in [0.2, 0.25) is 0 Å². The summed E-state index contributed by atoms with van der Waals surface area (Å²) in [5, 5.41) is 29.3. The molecule has 1 amide bonds. The summed E-state index contributed by atoms with van der Waals surface area (Å²) in [6.07, 6.45) is 7.73. The van der Waals surface area contributed by atoms with E-state index < -0.39 is 17.8 Å². The zero-order valence-electron chi connectivity index (χ0n) is 19.7. The number of aryl methyl sites for hydroxylation is 1. The molecule has 11 heteroatoms. The van der Waals surface area contributed by atoms with E-state index in [0.29, 0.717) is 24.0 Å². The molecule has 0 saturated heterocycles. The fourth-order valence-electron chi connectivity index (χ4n) is 4.78. The van der Waals surface area contributed by atoms with Gasteiger partial charge in [0.15, 0.2) is 0 Å². The summed E-state index contributed by atoms with van der Waals surface area (Å²) in [5.74, 6) is -0.590. The molecule has 2 atom stereocenters. The van der Waals surface area contributed by atoms with E-state index in [1.54, 1.807) is 35.1 Å². The van der Waals surface area contributed by atoms with Crippen LogP contribution >= 0.6 is 0 Å². The minimum absolute atomic E-state index is 0.0825. The number of aromatic nitrogens is 7. The zero-order chi connectivity index (χ0) is 24.8. The molecule has 6 rings (SSSR count). The Morgan fingerprint density at radius 2 is 2.06 bits per heavy atom. The second-order valence-electron chi connectivity index (χ2n) is 9.46. The first kappa shape index (κ1) is 22.5. The third-order valence-electron chi connectivity index (χ3n) is 6.86. The molecule has 2 aliphatic carbocycles. The van der Waals surface area contributed by atoms with E-state index in [9.17, 15) is 14.3 Å². The molecule has 3 aromatic heterocycles. The van der Waals surface area contributed by atoms with E-state index in [1.807, 2.05) is 17.8 Å². The average Bonchev–Trinajstić information content (AvgIpc) is 3.21. The Kier molecular flexibility index (Phi) is 5.56. The molecule has 0 aliphatic heterocycles. The molecular weight excluding hydrogens is 463 g/mol. The van der Waals surface area contributed by atoms with Crippen molar-refractivity contribution < 1.29 is 14.3 Å². The van der Waals surface area contributed by atoms with Crippen molar-refractivity contribution in [3.63, 3.8) is 0 Å². The van der Waals surface area contributed by atoms with Gasteiger partial charge in [0.05, 0.1) is 29.9 Å². The lowest BCUT2D eigenvalue weighted by Gasteiger charge is -2.15. The summed E-state index contributed by atoms with van der Waals surface area (Å²) in [7, 11) is 0. The highest BCUT2D eigenvalue weighted by molar-refractivity contribution is 6.05. The number of hydrogen-bond donors (Lipinski definition) is 2. The van der Waals surface area contributed by atoms with Gasteiger partial charge in [-0.3, -0.25) is 9.48 Å². The van der Waals surface area contributed by atoms with E-state index in [1.165, 1.54) is 6.07 Å². The molecule has 2 aliphatic rings. The van der Waals surface area contributed by atoms with Crippen molar-refractivity contribution in [2.24, 2.45) is 0 Å². The van der Waals surface area contributed by atoms with Gasteiger partial charge in [-0.2, -0.15) is 5.10 Å². The first-order valence-electron chi connectivity index (χ1n) is 12.1. The molecule has 0 spiro atoms. The number of nitrogens with one attached hydrogen (secondary N) is 1. The van der Waals surface area contributed by atoms with Crippen molar-refractivity contribution in [2.75, 3.05) is 5.32 Å². The molecule has 2 fully saturated rings. The first-order chi connectivity index (χ1) is 17.5. The van der Waals surface area contributed by atoms with E-state index in [0.717, 1.165) is 42.4 Å². The average molecular weight is 489 g/mol. The van der Waals surface area contributed by atoms with E-state index >= 15 is 0 Å². The fraction of sp³-hybridized carbons (Fsp3) is 0.360. The Labute approximate surface area is 206 Å². The van der Waals surface area contributed by atoms with Crippen LogP contribution in [0.15, 0.2) is 42.7 Å². The largest absolute Gasteiger partial charge is 0.391 e. The molecular formula is C25H25FN8O2. The van der Waals surface area contributed by atoms with E-state index in [4.69, 9.17) is 0 Å². The van der Waals surface area contributed by atoms with Crippen LogP contribution in [-0.4, -0.2) is 52.1 Å². The minimum Gasteiger partial charge on any atom is -0.391 e. The second-order valence-corrected chi connectivity index (χ2v) is 9.46. The van der Waals surface area contributed by atoms with Crippen LogP contribution in [-0.2, 0) is 0 Å². The smallest absolute Gasteiger partial charge is 0.259 e. The van der Waals surface area contributed by atoms with Crippen molar-refractivity contribution in [3.05, 3.63) is 59.7 Å². The Hall–Kier alpha value is -3.99. The molecule has 3 heterocycles. The third kappa shape index (κ3) is 4.15. The minimum atomic E-state index is -0.612. The predicted molar refractivity (Wildman–Crippen MR) is 129 cm³/mol. The SMILES string of the molecule is Cc1cc(F)c(C(=O)Nc2cccc(-c3nnnn3[C@H]3CCC[C@@H]3O)n2)cc1-c1cnn(C2CC2)c1. The third-order valence-corrected chi connectivity index (χ3v) is 6.86. The summed E-state index contributed by atoms with van der Waals surface area (Å²) in [6.45, 7) is 1.81. The number of pyridine rings is 1. The van der Waals surface area contributed by atoms with Gasteiger partial charge < -0.3 is 10.4 Å². The molecule has 184 valence electrons. The summed E-state index contributed by atoms with van der Waals surface area (Å²) in [6, 6.07) is 8.18. The van der Waals surface area contributed by atoms with Crippen LogP contribution in [0.4, 0.5) is 10.2 Å². The topological polar surface area (TPSA) is 124 Å². The van der Waals surface area contributed by atoms with Crippen LogP contribution in [0, 0.1) is 12.7 Å². The van der Waals surface area contributed by atoms with Gasteiger partial charge in [0.1, 0.15) is 17.3 Å². The van der Waals surface area contributed by atoms with Gasteiger partial charge in [-0.1, -0.05) is 6.07 Å². The number of aliphatic hydroxyl groups is 1. The summed E-state index contributed by atoms with van der Waals surface area (Å²) in [5.41, 5.74) is 2.68. The van der Waals surface area contributed by atoms with Crippen molar-refractivity contribution >= 4 is 11.7 Å². The van der Waals surface area contributed by atoms with Crippen LogP contribution in [0.5, 0.6) is 0 Å². The number of anilines is 1. The lowest BCUT2D eigenvalue weighted by molar-refractivity contribution is 0.102. The maximum Gasteiger partial charge on any atom is 0.259 e. The van der Waals surface area contributed by atoms with Crippen molar-refractivity contribution in [1.29, 1.82) is 0 Å². The Morgan fingerprint density at radius 3 is 2.83 bits per heavy atom. The van der Waals surface area contributed by atoms with Gasteiger partial charge in [0.25, 0.3) is 5.91 Å². The number of benzene rings is 1. The standard InChI is InChI=1S/C25H25FN8O2/c1-14-10-19(26)18(11-17(14)15-12-27-33(13-15)16-8-9-16)25(36)29-23-7-2-4-20(28-23)24-30-31-32-34(24)21-5-3-6-22(21)35/h2,4,7,10-13,16,21-22,35H,3,5-6,8-9H2,1H3,(H,28,29,36)/t21-,22-/m0/s1. The molecule has 10 nitrogen and oxygen atoms in total. The number of amides is 1. The molecule has 1 aromatic carbocycles. The number of aliphatic hydroxyl groups excluding tert-OH is 1. The number of rotatable bonds is 6. The first-order valence-corrected chi connectivity index (χ1v) is 12.1. The highest BCUT2D eigenvalue weighted by atomic mass is 19.1. The quantitative estimate of drug-likeness (QED) is 0.424. The summed E-state index contributed by atoms with van der Waals surface area (Å²) in [4.78, 5) is 17.6. The molecule has 36 heavy (non-hydrogen) atoms. The molecule has 2 N–H and O–H groups in total. The number of hydrogen-bond acceptors (Lipinski definition) is 7. The number of carbonyl (C=O) groups excluding carboxylic acids is 1. The second kappa shape index (κ2) is 8.90. The Bertz CT molecular complexity index is 1440. The van der Waals surface area contributed by atoms with Crippen molar-refractivity contribution in [3.8, 4) is 22.6 Å². The maximum atomic E-state index is 14.9. The van der Waals surface area contributed by atoms with Gasteiger partial charge >= 0.3 is 0 Å². The van der Waals surface area contributed by atoms with Gasteiger partial charge in [0, 0.05) is 11.8 Å². The maximum absolute atomic E-state index is 14.9. The van der Waals surface area contributed by atoms with Crippen molar-refractivity contribution in [1.82, 2.24) is 35.0 Å². The lowest BCUT2D eigenvalue weighted by Crippen LogP contribution is -2.20. The number of nitrogens with zero attached hydrogens (tertiary/aromatic N) is 7. The highest BCUT2D eigenvalue weighted by Crippen LogP contribution is 2.36.